The molecular formula is C16H20N4. The zero-order valence-corrected chi connectivity index (χ0v) is 11.3. The third kappa shape index (κ3) is 3.76. The lowest BCUT2D eigenvalue weighted by Crippen LogP contribution is -2.21. The monoisotopic (exact) mass is 268 g/mol. The molecule has 0 bridgehead atoms. The highest BCUT2D eigenvalue weighted by molar-refractivity contribution is 5.66. The summed E-state index contributed by atoms with van der Waals surface area (Å²) in [5.74, 6) is 5.42. The average Bonchev–Trinajstić information content (AvgIpc) is 2.50. The zero-order chi connectivity index (χ0) is 14.2. The van der Waals surface area contributed by atoms with Gasteiger partial charge in [-0.2, -0.15) is 0 Å². The van der Waals surface area contributed by atoms with Crippen LogP contribution in [0.2, 0.25) is 0 Å². The van der Waals surface area contributed by atoms with E-state index in [2.05, 4.69) is 35.0 Å². The van der Waals surface area contributed by atoms with Crippen LogP contribution in [0.4, 0.5) is 5.69 Å². The van der Waals surface area contributed by atoms with E-state index in [1.807, 2.05) is 30.3 Å². The summed E-state index contributed by atoms with van der Waals surface area (Å²) < 4.78 is 0. The second-order valence-corrected chi connectivity index (χ2v) is 4.47. The molecule has 0 heterocycles. The normalized spacial score (nSPS) is 11.2. The predicted octanol–water partition coefficient (Wildman–Crippen LogP) is 2.06. The van der Waals surface area contributed by atoms with Gasteiger partial charge in [-0.25, -0.2) is 0 Å². The van der Waals surface area contributed by atoms with E-state index in [1.165, 1.54) is 11.8 Å². The van der Waals surface area contributed by atoms with Crippen LogP contribution >= 0.6 is 0 Å². The number of nitrogens with one attached hydrogen (secondary N) is 2. The summed E-state index contributed by atoms with van der Waals surface area (Å²) in [5, 5.41) is 3.40. The average molecular weight is 268 g/mol. The molecule has 2 aromatic rings. The van der Waals surface area contributed by atoms with Crippen LogP contribution in [0.5, 0.6) is 0 Å². The molecule has 0 saturated carbocycles. The number of hydrazine groups is 1. The summed E-state index contributed by atoms with van der Waals surface area (Å²) in [7, 11) is 0. The van der Waals surface area contributed by atoms with Crippen LogP contribution in [0.25, 0.3) is 5.70 Å². The molecule has 4 heteroatoms. The molecule has 4 nitrogen and oxygen atoms in total. The summed E-state index contributed by atoms with van der Waals surface area (Å²) in [6.07, 6.45) is 2.45. The first-order valence-electron chi connectivity index (χ1n) is 6.60. The molecule has 0 saturated heterocycles. The quantitative estimate of drug-likeness (QED) is 0.478. The molecule has 0 aromatic heterocycles. The van der Waals surface area contributed by atoms with Crippen LogP contribution in [0.3, 0.4) is 0 Å². The second kappa shape index (κ2) is 7.21. The molecule has 0 radical (unpaired) electrons. The van der Waals surface area contributed by atoms with Crippen LogP contribution in [0.15, 0.2) is 60.8 Å². The minimum atomic E-state index is 0.705. The van der Waals surface area contributed by atoms with Crippen molar-refractivity contribution in [3.8, 4) is 0 Å². The number of hydrogen-bond acceptors (Lipinski definition) is 4. The van der Waals surface area contributed by atoms with E-state index in [4.69, 9.17) is 11.6 Å². The molecule has 0 atom stereocenters. The lowest BCUT2D eigenvalue weighted by molar-refractivity contribution is 0.986. The molecule has 0 aliphatic heterocycles. The van der Waals surface area contributed by atoms with Crippen molar-refractivity contribution in [1.29, 1.82) is 0 Å². The first-order valence-corrected chi connectivity index (χ1v) is 6.60. The van der Waals surface area contributed by atoms with E-state index in [0.717, 1.165) is 24.2 Å². The Bertz CT molecular complexity index is 564. The van der Waals surface area contributed by atoms with Crippen molar-refractivity contribution >= 4 is 11.4 Å². The van der Waals surface area contributed by atoms with Gasteiger partial charge in [0.2, 0.25) is 0 Å². The first-order chi connectivity index (χ1) is 9.83. The van der Waals surface area contributed by atoms with Crippen molar-refractivity contribution in [3.63, 3.8) is 0 Å². The Balaban J connectivity index is 1.95. The SMILES string of the molecule is N/C=C(\NN)c1cccc(NCCc2ccccc2)c1. The van der Waals surface area contributed by atoms with Crippen LogP contribution in [0, 0.1) is 0 Å². The van der Waals surface area contributed by atoms with Gasteiger partial charge in [-0.1, -0.05) is 42.5 Å². The van der Waals surface area contributed by atoms with Gasteiger partial charge in [0, 0.05) is 24.0 Å². The Morgan fingerprint density at radius 2 is 1.85 bits per heavy atom. The maximum atomic E-state index is 5.52. The van der Waals surface area contributed by atoms with Gasteiger partial charge < -0.3 is 16.5 Å². The topological polar surface area (TPSA) is 76.1 Å². The Kier molecular flexibility index (Phi) is 5.03. The summed E-state index contributed by atoms with van der Waals surface area (Å²) in [6.45, 7) is 0.880. The van der Waals surface area contributed by atoms with Crippen LogP contribution in [-0.4, -0.2) is 6.54 Å². The van der Waals surface area contributed by atoms with Gasteiger partial charge in [0.15, 0.2) is 0 Å². The molecule has 0 fully saturated rings. The number of anilines is 1. The van der Waals surface area contributed by atoms with Crippen molar-refractivity contribution in [1.82, 2.24) is 5.43 Å². The summed E-state index contributed by atoms with van der Waals surface area (Å²) in [6, 6.07) is 18.4. The van der Waals surface area contributed by atoms with Crippen molar-refractivity contribution in [2.45, 2.75) is 6.42 Å². The highest BCUT2D eigenvalue weighted by Gasteiger charge is 2.00. The standard InChI is InChI=1S/C16H20N4/c17-12-16(20-18)14-7-4-8-15(11-14)19-10-9-13-5-2-1-3-6-13/h1-8,11-12,19-20H,9-10,17-18H2/b16-12-. The summed E-state index contributed by atoms with van der Waals surface area (Å²) >= 11 is 0. The molecule has 0 amide bonds. The number of rotatable bonds is 6. The summed E-state index contributed by atoms with van der Waals surface area (Å²) in [5.41, 5.74) is 12.1. The van der Waals surface area contributed by atoms with Gasteiger partial charge in [0.25, 0.3) is 0 Å². The molecule has 0 aliphatic carbocycles. The number of nitrogens with two attached hydrogens (primary N) is 2. The lowest BCUT2D eigenvalue weighted by Gasteiger charge is -2.10. The molecular weight excluding hydrogens is 248 g/mol. The molecule has 0 unspecified atom stereocenters. The number of hydrogen-bond donors (Lipinski definition) is 4. The van der Waals surface area contributed by atoms with E-state index >= 15 is 0 Å². The minimum Gasteiger partial charge on any atom is -0.403 e. The van der Waals surface area contributed by atoms with Crippen LogP contribution in [0.1, 0.15) is 11.1 Å². The maximum absolute atomic E-state index is 5.52. The van der Waals surface area contributed by atoms with E-state index in [0.29, 0.717) is 5.70 Å². The van der Waals surface area contributed by atoms with Crippen molar-refractivity contribution in [2.24, 2.45) is 11.6 Å². The van der Waals surface area contributed by atoms with E-state index < -0.39 is 0 Å². The molecule has 104 valence electrons. The van der Waals surface area contributed by atoms with Crippen LogP contribution < -0.4 is 22.3 Å². The van der Waals surface area contributed by atoms with Gasteiger partial charge in [-0.15, -0.1) is 0 Å². The van der Waals surface area contributed by atoms with Crippen molar-refractivity contribution < 1.29 is 0 Å². The third-order valence-electron chi connectivity index (χ3n) is 3.08. The smallest absolute Gasteiger partial charge is 0.0714 e. The Morgan fingerprint density at radius 3 is 2.55 bits per heavy atom. The van der Waals surface area contributed by atoms with Crippen molar-refractivity contribution in [2.75, 3.05) is 11.9 Å². The fourth-order valence-electron chi connectivity index (χ4n) is 2.02. The number of benzene rings is 2. The molecule has 0 spiro atoms. The van der Waals surface area contributed by atoms with E-state index in [-0.39, 0.29) is 0 Å². The van der Waals surface area contributed by atoms with Gasteiger partial charge in [-0.3, -0.25) is 5.84 Å². The Labute approximate surface area is 119 Å². The van der Waals surface area contributed by atoms with Crippen LogP contribution in [-0.2, 0) is 6.42 Å². The largest absolute Gasteiger partial charge is 0.403 e. The highest BCUT2D eigenvalue weighted by Crippen LogP contribution is 2.15. The van der Waals surface area contributed by atoms with Gasteiger partial charge in [-0.05, 0) is 24.1 Å². The fourth-order valence-corrected chi connectivity index (χ4v) is 2.02. The zero-order valence-electron chi connectivity index (χ0n) is 11.3. The summed E-state index contributed by atoms with van der Waals surface area (Å²) in [4.78, 5) is 0. The second-order valence-electron chi connectivity index (χ2n) is 4.47. The fraction of sp³-hybridized carbons (Fsp3) is 0.125. The Hall–Kier alpha value is -2.46. The van der Waals surface area contributed by atoms with E-state index in [1.54, 1.807) is 0 Å². The maximum Gasteiger partial charge on any atom is 0.0714 e. The van der Waals surface area contributed by atoms with Gasteiger partial charge in [0.05, 0.1) is 5.70 Å². The molecule has 6 N–H and O–H groups in total. The minimum absolute atomic E-state index is 0.705. The molecule has 0 aliphatic rings. The predicted molar refractivity (Wildman–Crippen MR) is 84.6 cm³/mol. The lowest BCUT2D eigenvalue weighted by atomic mass is 10.1. The third-order valence-corrected chi connectivity index (χ3v) is 3.08. The first kappa shape index (κ1) is 14.0. The van der Waals surface area contributed by atoms with Gasteiger partial charge >= 0.3 is 0 Å². The highest BCUT2D eigenvalue weighted by atomic mass is 15.2. The van der Waals surface area contributed by atoms with E-state index in [9.17, 15) is 0 Å². The Morgan fingerprint density at radius 1 is 1.05 bits per heavy atom. The molecule has 20 heavy (non-hydrogen) atoms. The molecule has 2 aromatic carbocycles. The van der Waals surface area contributed by atoms with Crippen molar-refractivity contribution in [3.05, 3.63) is 71.9 Å². The molecule has 2 rings (SSSR count). The van der Waals surface area contributed by atoms with Gasteiger partial charge in [0.1, 0.15) is 0 Å².